The molecule has 1 saturated carbocycles. The monoisotopic (exact) mass is 345 g/mol. The molecule has 7 nitrogen and oxygen atoms in total. The quantitative estimate of drug-likeness (QED) is 0.824. The molecule has 1 heterocycles. The molecule has 3 rings (SSSR count). The molecule has 0 aromatic heterocycles. The number of nitrogens with zero attached hydrogens (tertiary/aromatic N) is 1. The van der Waals surface area contributed by atoms with Crippen molar-refractivity contribution < 1.29 is 19.1 Å². The van der Waals surface area contributed by atoms with E-state index in [1.807, 2.05) is 18.2 Å². The SMILES string of the molecule is COc1cc(CNC(=O)C2=NNC(=O)CC2)ccc1OC1CCCC1. The van der Waals surface area contributed by atoms with Crippen molar-refractivity contribution in [2.24, 2.45) is 5.10 Å². The number of carbonyl (C=O) groups excluding carboxylic acids is 2. The molecular weight excluding hydrogens is 322 g/mol. The first-order valence-electron chi connectivity index (χ1n) is 8.63. The van der Waals surface area contributed by atoms with E-state index in [-0.39, 0.29) is 24.3 Å². The van der Waals surface area contributed by atoms with E-state index in [0.29, 0.717) is 24.4 Å². The highest BCUT2D eigenvalue weighted by Gasteiger charge is 2.20. The summed E-state index contributed by atoms with van der Waals surface area (Å²) >= 11 is 0. The molecular formula is C18H23N3O4. The van der Waals surface area contributed by atoms with E-state index in [1.165, 1.54) is 12.8 Å². The molecule has 2 N–H and O–H groups in total. The van der Waals surface area contributed by atoms with Crippen LogP contribution in [-0.2, 0) is 16.1 Å². The van der Waals surface area contributed by atoms with Gasteiger partial charge in [-0.3, -0.25) is 9.59 Å². The van der Waals surface area contributed by atoms with Crippen molar-refractivity contribution in [2.75, 3.05) is 7.11 Å². The Morgan fingerprint density at radius 2 is 2.08 bits per heavy atom. The summed E-state index contributed by atoms with van der Waals surface area (Å²) in [5.74, 6) is 0.967. The van der Waals surface area contributed by atoms with Crippen LogP contribution in [0.5, 0.6) is 11.5 Å². The second-order valence-electron chi connectivity index (χ2n) is 6.29. The van der Waals surface area contributed by atoms with Crippen molar-refractivity contribution in [1.82, 2.24) is 10.7 Å². The molecule has 134 valence electrons. The zero-order valence-corrected chi connectivity index (χ0v) is 14.3. The van der Waals surface area contributed by atoms with Crippen LogP contribution in [0.4, 0.5) is 0 Å². The fourth-order valence-electron chi connectivity index (χ4n) is 3.03. The number of amides is 2. The summed E-state index contributed by atoms with van der Waals surface area (Å²) in [5.41, 5.74) is 3.57. The van der Waals surface area contributed by atoms with Crippen LogP contribution < -0.4 is 20.2 Å². The number of ether oxygens (including phenoxy) is 2. The van der Waals surface area contributed by atoms with Crippen molar-refractivity contribution in [3.63, 3.8) is 0 Å². The van der Waals surface area contributed by atoms with E-state index < -0.39 is 0 Å². The third-order valence-corrected chi connectivity index (χ3v) is 4.44. The zero-order valence-electron chi connectivity index (χ0n) is 14.3. The summed E-state index contributed by atoms with van der Waals surface area (Å²) in [5, 5.41) is 6.60. The molecule has 0 bridgehead atoms. The number of nitrogens with one attached hydrogen (secondary N) is 2. The first-order chi connectivity index (χ1) is 12.2. The molecule has 0 spiro atoms. The summed E-state index contributed by atoms with van der Waals surface area (Å²) in [6.07, 6.45) is 5.49. The van der Waals surface area contributed by atoms with Crippen LogP contribution in [0, 0.1) is 0 Å². The highest BCUT2D eigenvalue weighted by molar-refractivity contribution is 6.39. The average molecular weight is 345 g/mol. The van der Waals surface area contributed by atoms with Crippen LogP contribution >= 0.6 is 0 Å². The van der Waals surface area contributed by atoms with Crippen LogP contribution in [0.15, 0.2) is 23.3 Å². The van der Waals surface area contributed by atoms with Gasteiger partial charge < -0.3 is 14.8 Å². The minimum Gasteiger partial charge on any atom is -0.493 e. The van der Waals surface area contributed by atoms with Crippen LogP contribution in [0.25, 0.3) is 0 Å². The van der Waals surface area contributed by atoms with E-state index in [2.05, 4.69) is 15.8 Å². The summed E-state index contributed by atoms with van der Waals surface area (Å²) in [6, 6.07) is 5.67. The molecule has 1 aromatic rings. The largest absolute Gasteiger partial charge is 0.493 e. The second-order valence-corrected chi connectivity index (χ2v) is 6.29. The Kier molecular flexibility index (Phi) is 5.53. The molecule has 2 aliphatic rings. The molecule has 0 atom stereocenters. The van der Waals surface area contributed by atoms with Crippen molar-refractivity contribution in [1.29, 1.82) is 0 Å². The molecule has 1 fully saturated rings. The van der Waals surface area contributed by atoms with Gasteiger partial charge in [-0.2, -0.15) is 5.10 Å². The number of benzene rings is 1. The van der Waals surface area contributed by atoms with E-state index in [4.69, 9.17) is 9.47 Å². The number of hydrogen-bond donors (Lipinski definition) is 2. The lowest BCUT2D eigenvalue weighted by Crippen LogP contribution is -2.36. The third-order valence-electron chi connectivity index (χ3n) is 4.44. The fourth-order valence-corrected chi connectivity index (χ4v) is 3.03. The Bertz CT molecular complexity index is 681. The molecule has 0 saturated heterocycles. The first kappa shape index (κ1) is 17.3. The number of carbonyl (C=O) groups is 2. The van der Waals surface area contributed by atoms with Gasteiger partial charge in [0, 0.05) is 19.4 Å². The number of hydrogen-bond acceptors (Lipinski definition) is 5. The van der Waals surface area contributed by atoms with Gasteiger partial charge in [-0.1, -0.05) is 6.07 Å². The van der Waals surface area contributed by atoms with Gasteiger partial charge in [0.1, 0.15) is 5.71 Å². The molecule has 1 aliphatic carbocycles. The Hall–Kier alpha value is -2.57. The van der Waals surface area contributed by atoms with Crippen LogP contribution in [-0.4, -0.2) is 30.7 Å². The molecule has 0 radical (unpaired) electrons. The van der Waals surface area contributed by atoms with Crippen LogP contribution in [0.1, 0.15) is 44.1 Å². The van der Waals surface area contributed by atoms with Gasteiger partial charge in [0.25, 0.3) is 5.91 Å². The van der Waals surface area contributed by atoms with Gasteiger partial charge in [0.15, 0.2) is 11.5 Å². The van der Waals surface area contributed by atoms with E-state index >= 15 is 0 Å². The lowest BCUT2D eigenvalue weighted by molar-refractivity contribution is -0.121. The summed E-state index contributed by atoms with van der Waals surface area (Å²) in [7, 11) is 1.61. The topological polar surface area (TPSA) is 89.0 Å². The van der Waals surface area contributed by atoms with Crippen molar-refractivity contribution >= 4 is 17.5 Å². The Morgan fingerprint density at radius 3 is 2.76 bits per heavy atom. The smallest absolute Gasteiger partial charge is 0.267 e. The predicted octanol–water partition coefficient (Wildman–Crippen LogP) is 1.90. The standard InChI is InChI=1S/C18H23N3O4/c1-24-16-10-12(6-8-15(16)25-13-4-2-3-5-13)11-19-18(23)14-7-9-17(22)21-20-14/h6,8,10,13H,2-5,7,9,11H2,1H3,(H,19,23)(H,21,22). The molecule has 2 amide bonds. The van der Waals surface area contributed by atoms with Gasteiger partial charge in [0.05, 0.1) is 13.2 Å². The molecule has 1 aliphatic heterocycles. The van der Waals surface area contributed by atoms with Crippen LogP contribution in [0.2, 0.25) is 0 Å². The van der Waals surface area contributed by atoms with E-state index in [9.17, 15) is 9.59 Å². The van der Waals surface area contributed by atoms with Gasteiger partial charge in [-0.05, 0) is 43.4 Å². The Labute approximate surface area is 146 Å². The number of hydrazone groups is 1. The fraction of sp³-hybridized carbons (Fsp3) is 0.500. The third kappa shape index (κ3) is 4.49. The maximum absolute atomic E-state index is 12.1. The zero-order chi connectivity index (χ0) is 17.6. The minimum atomic E-state index is -0.273. The van der Waals surface area contributed by atoms with Gasteiger partial charge in [-0.25, -0.2) is 5.43 Å². The lowest BCUT2D eigenvalue weighted by atomic mass is 10.1. The molecule has 1 aromatic carbocycles. The average Bonchev–Trinajstić information content (AvgIpc) is 3.14. The number of methoxy groups -OCH3 is 1. The highest BCUT2D eigenvalue weighted by atomic mass is 16.5. The molecule has 7 heteroatoms. The highest BCUT2D eigenvalue weighted by Crippen LogP contribution is 2.32. The minimum absolute atomic E-state index is 0.167. The maximum atomic E-state index is 12.1. The lowest BCUT2D eigenvalue weighted by Gasteiger charge is -2.17. The predicted molar refractivity (Wildman–Crippen MR) is 92.5 cm³/mol. The van der Waals surface area contributed by atoms with Crippen molar-refractivity contribution in [3.8, 4) is 11.5 Å². The van der Waals surface area contributed by atoms with Crippen LogP contribution in [0.3, 0.4) is 0 Å². The summed E-state index contributed by atoms with van der Waals surface area (Å²) < 4.78 is 11.4. The Balaban J connectivity index is 1.58. The summed E-state index contributed by atoms with van der Waals surface area (Å²) in [4.78, 5) is 23.1. The second kappa shape index (κ2) is 8.00. The normalized spacial score (nSPS) is 17.6. The first-order valence-corrected chi connectivity index (χ1v) is 8.63. The van der Waals surface area contributed by atoms with Gasteiger partial charge >= 0.3 is 0 Å². The molecule has 0 unspecified atom stereocenters. The van der Waals surface area contributed by atoms with Gasteiger partial charge in [0.2, 0.25) is 5.91 Å². The Morgan fingerprint density at radius 1 is 1.28 bits per heavy atom. The van der Waals surface area contributed by atoms with Gasteiger partial charge in [-0.15, -0.1) is 0 Å². The maximum Gasteiger partial charge on any atom is 0.267 e. The number of rotatable bonds is 6. The van der Waals surface area contributed by atoms with E-state index in [0.717, 1.165) is 24.2 Å². The van der Waals surface area contributed by atoms with E-state index in [1.54, 1.807) is 7.11 Å². The van der Waals surface area contributed by atoms with Crippen molar-refractivity contribution in [2.45, 2.75) is 51.2 Å². The summed E-state index contributed by atoms with van der Waals surface area (Å²) in [6.45, 7) is 0.353. The molecule has 25 heavy (non-hydrogen) atoms. The van der Waals surface area contributed by atoms with Crippen molar-refractivity contribution in [3.05, 3.63) is 23.8 Å².